The first kappa shape index (κ1) is 14.7. The minimum Gasteiger partial charge on any atom is -0.493 e. The molecule has 2 rings (SSSR count). The Balaban J connectivity index is 2.00. The fraction of sp³-hybridized carbons (Fsp3) is 0.533. The average molecular weight is 279 g/mol. The van der Waals surface area contributed by atoms with Crippen LogP contribution >= 0.6 is 0 Å². The van der Waals surface area contributed by atoms with Crippen LogP contribution in [0.3, 0.4) is 0 Å². The Kier molecular flexibility index (Phi) is 5.24. The van der Waals surface area contributed by atoms with E-state index >= 15 is 0 Å². The van der Waals surface area contributed by atoms with Gasteiger partial charge in [-0.3, -0.25) is 4.79 Å². The van der Waals surface area contributed by atoms with Crippen LogP contribution in [-0.4, -0.2) is 39.4 Å². The van der Waals surface area contributed by atoms with Crippen LogP contribution in [-0.2, 0) is 4.74 Å². The SMILES string of the molecule is COCCCOc1cc(C(=O)NC2CC2)ccc1OC. The lowest BCUT2D eigenvalue weighted by Crippen LogP contribution is -2.25. The van der Waals surface area contributed by atoms with E-state index in [0.29, 0.717) is 36.3 Å². The molecule has 1 aliphatic rings. The summed E-state index contributed by atoms with van der Waals surface area (Å²) in [5, 5.41) is 2.96. The zero-order valence-corrected chi connectivity index (χ0v) is 12.0. The second kappa shape index (κ2) is 7.14. The topological polar surface area (TPSA) is 56.8 Å². The lowest BCUT2D eigenvalue weighted by molar-refractivity contribution is 0.0950. The van der Waals surface area contributed by atoms with Crippen LogP contribution in [0.2, 0.25) is 0 Å². The van der Waals surface area contributed by atoms with Crippen molar-refractivity contribution in [3.63, 3.8) is 0 Å². The van der Waals surface area contributed by atoms with E-state index in [0.717, 1.165) is 19.3 Å². The Bertz CT molecular complexity index is 457. The van der Waals surface area contributed by atoms with E-state index in [-0.39, 0.29) is 5.91 Å². The first-order valence-electron chi connectivity index (χ1n) is 6.85. The molecule has 0 unspecified atom stereocenters. The normalized spacial score (nSPS) is 13.9. The molecule has 5 nitrogen and oxygen atoms in total. The summed E-state index contributed by atoms with van der Waals surface area (Å²) in [5.41, 5.74) is 0.597. The molecule has 1 saturated carbocycles. The quantitative estimate of drug-likeness (QED) is 0.740. The van der Waals surface area contributed by atoms with Crippen LogP contribution in [0.4, 0.5) is 0 Å². The van der Waals surface area contributed by atoms with Crippen molar-refractivity contribution in [1.82, 2.24) is 5.32 Å². The molecule has 0 aliphatic heterocycles. The summed E-state index contributed by atoms with van der Waals surface area (Å²) in [4.78, 5) is 12.0. The second-order valence-electron chi connectivity index (χ2n) is 4.81. The summed E-state index contributed by atoms with van der Waals surface area (Å²) in [6.07, 6.45) is 2.93. The van der Waals surface area contributed by atoms with Crippen molar-refractivity contribution in [2.24, 2.45) is 0 Å². The molecule has 1 aromatic rings. The number of amides is 1. The number of rotatable bonds is 8. The maximum absolute atomic E-state index is 12.0. The highest BCUT2D eigenvalue weighted by Crippen LogP contribution is 2.28. The van der Waals surface area contributed by atoms with Gasteiger partial charge in [0.25, 0.3) is 5.91 Å². The third-order valence-electron chi connectivity index (χ3n) is 3.09. The lowest BCUT2D eigenvalue weighted by atomic mass is 10.2. The molecule has 1 amide bonds. The first-order valence-corrected chi connectivity index (χ1v) is 6.85. The van der Waals surface area contributed by atoms with Crippen molar-refractivity contribution in [2.75, 3.05) is 27.4 Å². The highest BCUT2D eigenvalue weighted by atomic mass is 16.5. The molecule has 0 spiro atoms. The van der Waals surface area contributed by atoms with Gasteiger partial charge in [0, 0.05) is 31.7 Å². The number of carbonyl (C=O) groups is 1. The van der Waals surface area contributed by atoms with E-state index < -0.39 is 0 Å². The van der Waals surface area contributed by atoms with Crippen molar-refractivity contribution in [2.45, 2.75) is 25.3 Å². The van der Waals surface area contributed by atoms with Crippen molar-refractivity contribution in [3.05, 3.63) is 23.8 Å². The molecule has 0 saturated heterocycles. The lowest BCUT2D eigenvalue weighted by Gasteiger charge is -2.12. The molecule has 0 bridgehead atoms. The third kappa shape index (κ3) is 4.13. The van der Waals surface area contributed by atoms with Crippen LogP contribution in [0.25, 0.3) is 0 Å². The Hall–Kier alpha value is -1.75. The Labute approximate surface area is 119 Å². The highest BCUT2D eigenvalue weighted by molar-refractivity contribution is 5.95. The molecule has 5 heteroatoms. The molecular formula is C15H21NO4. The molecule has 1 aliphatic carbocycles. The Morgan fingerprint density at radius 3 is 2.70 bits per heavy atom. The summed E-state index contributed by atoms with van der Waals surface area (Å²) in [6, 6.07) is 5.57. The molecule has 0 heterocycles. The zero-order chi connectivity index (χ0) is 14.4. The van der Waals surface area contributed by atoms with Crippen LogP contribution in [0.5, 0.6) is 11.5 Å². The number of carbonyl (C=O) groups excluding carboxylic acids is 1. The minimum atomic E-state index is -0.0584. The maximum Gasteiger partial charge on any atom is 0.251 e. The highest BCUT2D eigenvalue weighted by Gasteiger charge is 2.24. The van der Waals surface area contributed by atoms with Gasteiger partial charge in [0.2, 0.25) is 0 Å². The molecule has 110 valence electrons. The Morgan fingerprint density at radius 1 is 1.25 bits per heavy atom. The molecule has 0 aromatic heterocycles. The van der Waals surface area contributed by atoms with E-state index in [1.165, 1.54) is 0 Å². The third-order valence-corrected chi connectivity index (χ3v) is 3.09. The fourth-order valence-electron chi connectivity index (χ4n) is 1.81. The number of hydrogen-bond acceptors (Lipinski definition) is 4. The van der Waals surface area contributed by atoms with E-state index in [1.807, 2.05) is 0 Å². The van der Waals surface area contributed by atoms with Gasteiger partial charge in [-0.2, -0.15) is 0 Å². The van der Waals surface area contributed by atoms with Crippen molar-refractivity contribution >= 4 is 5.91 Å². The van der Waals surface area contributed by atoms with Crippen LogP contribution in [0.1, 0.15) is 29.6 Å². The molecule has 1 N–H and O–H groups in total. The zero-order valence-electron chi connectivity index (χ0n) is 12.0. The van der Waals surface area contributed by atoms with Gasteiger partial charge in [0.05, 0.1) is 13.7 Å². The van der Waals surface area contributed by atoms with Gasteiger partial charge >= 0.3 is 0 Å². The predicted octanol–water partition coefficient (Wildman–Crippen LogP) is 2.00. The van der Waals surface area contributed by atoms with Crippen molar-refractivity contribution < 1.29 is 19.0 Å². The molecule has 1 fully saturated rings. The first-order chi connectivity index (χ1) is 9.74. The molecule has 0 atom stereocenters. The number of methoxy groups -OCH3 is 2. The van der Waals surface area contributed by atoms with Gasteiger partial charge in [0.15, 0.2) is 11.5 Å². The number of nitrogens with one attached hydrogen (secondary N) is 1. The standard InChI is InChI=1S/C15H21NO4/c1-18-8-3-9-20-14-10-11(4-7-13(14)19-2)15(17)16-12-5-6-12/h4,7,10,12H,3,5-6,8-9H2,1-2H3,(H,16,17). The van der Waals surface area contributed by atoms with Gasteiger partial charge in [-0.25, -0.2) is 0 Å². The van der Waals surface area contributed by atoms with E-state index in [9.17, 15) is 4.79 Å². The summed E-state index contributed by atoms with van der Waals surface area (Å²) in [7, 11) is 3.24. The summed E-state index contributed by atoms with van der Waals surface area (Å²) < 4.78 is 15.9. The van der Waals surface area contributed by atoms with Crippen molar-refractivity contribution in [1.29, 1.82) is 0 Å². The van der Waals surface area contributed by atoms with Gasteiger partial charge in [-0.1, -0.05) is 0 Å². The molecule has 1 aromatic carbocycles. The number of benzene rings is 1. The molecule has 0 radical (unpaired) electrons. The Morgan fingerprint density at radius 2 is 2.05 bits per heavy atom. The molecular weight excluding hydrogens is 258 g/mol. The van der Waals surface area contributed by atoms with Gasteiger partial charge in [-0.05, 0) is 31.0 Å². The van der Waals surface area contributed by atoms with E-state index in [4.69, 9.17) is 14.2 Å². The van der Waals surface area contributed by atoms with Gasteiger partial charge in [-0.15, -0.1) is 0 Å². The molecule has 20 heavy (non-hydrogen) atoms. The van der Waals surface area contributed by atoms with Crippen LogP contribution in [0.15, 0.2) is 18.2 Å². The monoisotopic (exact) mass is 279 g/mol. The van der Waals surface area contributed by atoms with E-state index in [2.05, 4.69) is 5.32 Å². The van der Waals surface area contributed by atoms with Gasteiger partial charge in [0.1, 0.15) is 0 Å². The van der Waals surface area contributed by atoms with Crippen molar-refractivity contribution in [3.8, 4) is 11.5 Å². The second-order valence-corrected chi connectivity index (χ2v) is 4.81. The predicted molar refractivity (Wildman–Crippen MR) is 75.5 cm³/mol. The fourth-order valence-corrected chi connectivity index (χ4v) is 1.81. The largest absolute Gasteiger partial charge is 0.493 e. The summed E-state index contributed by atoms with van der Waals surface area (Å²) in [6.45, 7) is 1.17. The average Bonchev–Trinajstić information content (AvgIpc) is 3.27. The van der Waals surface area contributed by atoms with Crippen LogP contribution < -0.4 is 14.8 Å². The van der Waals surface area contributed by atoms with E-state index in [1.54, 1.807) is 32.4 Å². The summed E-state index contributed by atoms with van der Waals surface area (Å²) >= 11 is 0. The smallest absolute Gasteiger partial charge is 0.251 e. The van der Waals surface area contributed by atoms with Gasteiger partial charge < -0.3 is 19.5 Å². The number of hydrogen-bond donors (Lipinski definition) is 1. The maximum atomic E-state index is 12.0. The summed E-state index contributed by atoms with van der Waals surface area (Å²) in [5.74, 6) is 1.16. The number of ether oxygens (including phenoxy) is 3. The minimum absolute atomic E-state index is 0.0584. The van der Waals surface area contributed by atoms with Crippen LogP contribution in [0, 0.1) is 0 Å².